The minimum atomic E-state index is 0.692. The van der Waals surface area contributed by atoms with Crippen molar-refractivity contribution >= 4 is 22.4 Å². The molecule has 17 heavy (non-hydrogen) atoms. The fourth-order valence-electron chi connectivity index (χ4n) is 1.87. The van der Waals surface area contributed by atoms with E-state index in [1.165, 1.54) is 0 Å². The predicted octanol–water partition coefficient (Wildman–Crippen LogP) is 3.75. The van der Waals surface area contributed by atoms with Crippen molar-refractivity contribution < 1.29 is 0 Å². The summed E-state index contributed by atoms with van der Waals surface area (Å²) < 4.78 is 0. The van der Waals surface area contributed by atoms with Crippen LogP contribution in [0.2, 0.25) is 5.02 Å². The Labute approximate surface area is 104 Å². The lowest BCUT2D eigenvalue weighted by Crippen LogP contribution is -1.87. The van der Waals surface area contributed by atoms with Crippen LogP contribution in [0.15, 0.2) is 48.8 Å². The van der Waals surface area contributed by atoms with Crippen LogP contribution in [0, 0.1) is 6.20 Å². The molecule has 3 aromatic rings. The second-order valence-corrected chi connectivity index (χ2v) is 4.13. The molecule has 1 radical (unpaired) electrons. The molecule has 1 aromatic heterocycles. The molecule has 0 aliphatic carbocycles. The van der Waals surface area contributed by atoms with Crippen molar-refractivity contribution in [1.29, 1.82) is 0 Å². The van der Waals surface area contributed by atoms with Crippen molar-refractivity contribution in [3.05, 3.63) is 60.0 Å². The molecular weight excluding hydrogens is 232 g/mol. The maximum absolute atomic E-state index is 6.11. The van der Waals surface area contributed by atoms with Crippen molar-refractivity contribution in [3.8, 4) is 11.3 Å². The van der Waals surface area contributed by atoms with Gasteiger partial charge in [0.1, 0.15) is 6.20 Å². The molecule has 2 aromatic carbocycles. The smallest absolute Gasteiger partial charge is 0.117 e. The fraction of sp³-hybridized carbons (Fsp3) is 0. The lowest BCUT2D eigenvalue weighted by Gasteiger charge is -2.06. The van der Waals surface area contributed by atoms with E-state index in [0.29, 0.717) is 10.7 Å². The van der Waals surface area contributed by atoms with E-state index in [1.54, 1.807) is 12.4 Å². The monoisotopic (exact) mass is 239 g/mol. The highest BCUT2D eigenvalue weighted by atomic mass is 35.5. The van der Waals surface area contributed by atoms with Crippen molar-refractivity contribution in [2.45, 2.75) is 0 Å². The summed E-state index contributed by atoms with van der Waals surface area (Å²) in [5.41, 5.74) is 1.67. The van der Waals surface area contributed by atoms with E-state index in [1.807, 2.05) is 36.4 Å². The van der Waals surface area contributed by atoms with Crippen LogP contribution in [0.4, 0.5) is 0 Å². The third-order valence-electron chi connectivity index (χ3n) is 2.60. The molecule has 0 aliphatic heterocycles. The largest absolute Gasteiger partial charge is 0.252 e. The summed E-state index contributed by atoms with van der Waals surface area (Å²) in [6.07, 6.45) is 6.15. The zero-order valence-electron chi connectivity index (χ0n) is 8.89. The molecule has 0 atom stereocenters. The van der Waals surface area contributed by atoms with Crippen LogP contribution >= 0.6 is 11.6 Å². The zero-order valence-corrected chi connectivity index (χ0v) is 9.65. The van der Waals surface area contributed by atoms with E-state index in [-0.39, 0.29) is 0 Å². The summed E-state index contributed by atoms with van der Waals surface area (Å²) in [4.78, 5) is 8.23. The average Bonchev–Trinajstić information content (AvgIpc) is 2.39. The van der Waals surface area contributed by atoms with Gasteiger partial charge < -0.3 is 0 Å². The molecule has 0 amide bonds. The molecule has 0 N–H and O–H groups in total. The first-order chi connectivity index (χ1) is 8.34. The number of halogens is 1. The third-order valence-corrected chi connectivity index (χ3v) is 2.82. The van der Waals surface area contributed by atoms with Crippen LogP contribution in [-0.2, 0) is 0 Å². The molecule has 2 nitrogen and oxygen atoms in total. The Morgan fingerprint density at radius 3 is 2.76 bits per heavy atom. The molecule has 3 heteroatoms. The number of nitrogens with zero attached hydrogens (tertiary/aromatic N) is 2. The molecule has 0 bridgehead atoms. The van der Waals surface area contributed by atoms with Gasteiger partial charge in [0.05, 0.1) is 5.69 Å². The zero-order chi connectivity index (χ0) is 11.7. The highest BCUT2D eigenvalue weighted by molar-refractivity contribution is 6.32. The molecule has 0 unspecified atom stereocenters. The molecule has 0 saturated carbocycles. The lowest BCUT2D eigenvalue weighted by atomic mass is 10.0. The van der Waals surface area contributed by atoms with E-state index >= 15 is 0 Å². The van der Waals surface area contributed by atoms with Gasteiger partial charge in [-0.2, -0.15) is 0 Å². The van der Waals surface area contributed by atoms with Gasteiger partial charge in [-0.25, -0.2) is 0 Å². The van der Waals surface area contributed by atoms with E-state index in [4.69, 9.17) is 11.6 Å². The minimum Gasteiger partial charge on any atom is -0.252 e. The van der Waals surface area contributed by atoms with Crippen LogP contribution in [-0.4, -0.2) is 9.97 Å². The van der Waals surface area contributed by atoms with Gasteiger partial charge in [0.15, 0.2) is 0 Å². The van der Waals surface area contributed by atoms with E-state index < -0.39 is 0 Å². The van der Waals surface area contributed by atoms with Gasteiger partial charge in [-0.05, 0) is 22.9 Å². The second kappa shape index (κ2) is 4.15. The number of hydrogen-bond donors (Lipinski definition) is 0. The molecule has 0 aliphatic rings. The molecule has 0 saturated heterocycles. The second-order valence-electron chi connectivity index (χ2n) is 3.69. The van der Waals surface area contributed by atoms with Crippen molar-refractivity contribution in [2.24, 2.45) is 0 Å². The van der Waals surface area contributed by atoms with Gasteiger partial charge in [-0.3, -0.25) is 9.97 Å². The summed E-state index contributed by atoms with van der Waals surface area (Å²) in [7, 11) is 0. The Bertz CT molecular complexity index is 665. The molecular formula is C14H8ClN2. The number of fused-ring (bicyclic) bond motifs is 1. The topological polar surface area (TPSA) is 25.8 Å². The fourth-order valence-corrected chi connectivity index (χ4v) is 2.09. The molecule has 3 rings (SSSR count). The maximum atomic E-state index is 6.11. The van der Waals surface area contributed by atoms with Gasteiger partial charge in [0.25, 0.3) is 0 Å². The van der Waals surface area contributed by atoms with Crippen molar-refractivity contribution in [3.63, 3.8) is 0 Å². The van der Waals surface area contributed by atoms with E-state index in [9.17, 15) is 0 Å². The van der Waals surface area contributed by atoms with Crippen LogP contribution in [0.3, 0.4) is 0 Å². The van der Waals surface area contributed by atoms with Crippen LogP contribution in [0.1, 0.15) is 0 Å². The van der Waals surface area contributed by atoms with Crippen molar-refractivity contribution in [1.82, 2.24) is 9.97 Å². The summed E-state index contributed by atoms with van der Waals surface area (Å²) in [6.45, 7) is 0. The Balaban J connectivity index is 2.36. The summed E-state index contributed by atoms with van der Waals surface area (Å²) in [6, 6.07) is 11.9. The minimum absolute atomic E-state index is 0.692. The standard InChI is InChI=1S/C14H8ClN2/c15-11-7-10-3-1-2-4-12(10)13(8-11)14-9-16-5-6-17-14/h1-8H. The first-order valence-electron chi connectivity index (χ1n) is 5.22. The number of rotatable bonds is 1. The highest BCUT2D eigenvalue weighted by Crippen LogP contribution is 2.30. The number of hydrogen-bond acceptors (Lipinski definition) is 2. The van der Waals surface area contributed by atoms with Gasteiger partial charge >= 0.3 is 0 Å². The lowest BCUT2D eigenvalue weighted by molar-refractivity contribution is 1.20. The molecule has 81 valence electrons. The molecule has 0 spiro atoms. The SMILES string of the molecule is Clc1cc(-c2[c]nccn2)c2ccccc2c1. The summed E-state index contributed by atoms with van der Waals surface area (Å²) >= 11 is 6.11. The Kier molecular flexibility index (Phi) is 2.50. The van der Waals surface area contributed by atoms with E-state index in [2.05, 4.69) is 16.2 Å². The Morgan fingerprint density at radius 2 is 1.94 bits per heavy atom. The van der Waals surface area contributed by atoms with Crippen LogP contribution in [0.5, 0.6) is 0 Å². The average molecular weight is 240 g/mol. The number of benzene rings is 2. The first kappa shape index (κ1) is 10.2. The molecule has 0 fully saturated rings. The van der Waals surface area contributed by atoms with Gasteiger partial charge in [0, 0.05) is 23.0 Å². The maximum Gasteiger partial charge on any atom is 0.117 e. The Morgan fingerprint density at radius 1 is 1.06 bits per heavy atom. The quantitative estimate of drug-likeness (QED) is 0.646. The van der Waals surface area contributed by atoms with Gasteiger partial charge in [0.2, 0.25) is 0 Å². The first-order valence-corrected chi connectivity index (χ1v) is 5.60. The summed E-state index contributed by atoms with van der Waals surface area (Å²) in [5.74, 6) is 0. The summed E-state index contributed by atoms with van der Waals surface area (Å²) in [5, 5.41) is 2.89. The Hall–Kier alpha value is -1.93. The number of aromatic nitrogens is 2. The van der Waals surface area contributed by atoms with Crippen LogP contribution < -0.4 is 0 Å². The third kappa shape index (κ3) is 1.87. The molecule has 1 heterocycles. The normalized spacial score (nSPS) is 10.6. The van der Waals surface area contributed by atoms with E-state index in [0.717, 1.165) is 16.3 Å². The van der Waals surface area contributed by atoms with Gasteiger partial charge in [-0.1, -0.05) is 35.9 Å². The predicted molar refractivity (Wildman–Crippen MR) is 68.8 cm³/mol. The highest BCUT2D eigenvalue weighted by Gasteiger charge is 2.06. The van der Waals surface area contributed by atoms with Crippen LogP contribution in [0.25, 0.3) is 22.0 Å². The van der Waals surface area contributed by atoms with Crippen molar-refractivity contribution in [2.75, 3.05) is 0 Å². The van der Waals surface area contributed by atoms with Gasteiger partial charge in [-0.15, -0.1) is 0 Å².